The molecule has 0 saturated heterocycles. The molecule has 3 N–H and O–H groups in total. The van der Waals surface area contributed by atoms with E-state index < -0.39 is 5.97 Å². The molecule has 0 spiro atoms. The normalized spacial score (nSPS) is 12.0. The van der Waals surface area contributed by atoms with E-state index in [1.807, 2.05) is 19.0 Å². The van der Waals surface area contributed by atoms with Crippen LogP contribution < -0.4 is 10.6 Å². The molecule has 158 valence electrons. The van der Waals surface area contributed by atoms with Gasteiger partial charge in [-0.25, -0.2) is 4.79 Å². The number of benzene rings is 1. The van der Waals surface area contributed by atoms with Gasteiger partial charge < -0.3 is 20.6 Å². The standard InChI is InChI=1S/C22H37N3O3/c1-25(2)18-20(17-21(26)27)24-22(28)23-16-12-7-5-3-4-6-9-13-19-14-10-8-11-15-19/h8,10-11,14-15,20H,3-7,9,12-13,16-18H2,1-2H3,(H,26,27)(H2,23,24,28). The van der Waals surface area contributed by atoms with Gasteiger partial charge in [0.1, 0.15) is 0 Å². The summed E-state index contributed by atoms with van der Waals surface area (Å²) in [6.07, 6.45) is 9.36. The van der Waals surface area contributed by atoms with Gasteiger partial charge in [-0.3, -0.25) is 4.79 Å². The number of carbonyl (C=O) groups excluding carboxylic acids is 1. The van der Waals surface area contributed by atoms with Gasteiger partial charge in [0.15, 0.2) is 0 Å². The van der Waals surface area contributed by atoms with Crippen LogP contribution >= 0.6 is 0 Å². The second-order valence-electron chi connectivity index (χ2n) is 7.67. The van der Waals surface area contributed by atoms with Crippen LogP contribution in [-0.2, 0) is 11.2 Å². The molecule has 1 aromatic carbocycles. The molecular weight excluding hydrogens is 354 g/mol. The van der Waals surface area contributed by atoms with Crippen LogP contribution in [0.3, 0.4) is 0 Å². The molecule has 0 fully saturated rings. The number of amides is 2. The fraction of sp³-hybridized carbons (Fsp3) is 0.636. The fourth-order valence-corrected chi connectivity index (χ4v) is 3.23. The molecule has 6 heteroatoms. The Morgan fingerprint density at radius 2 is 1.57 bits per heavy atom. The van der Waals surface area contributed by atoms with E-state index in [4.69, 9.17) is 5.11 Å². The average molecular weight is 392 g/mol. The van der Waals surface area contributed by atoms with E-state index >= 15 is 0 Å². The molecule has 0 bridgehead atoms. The molecule has 0 heterocycles. The molecule has 1 aromatic rings. The van der Waals surface area contributed by atoms with Gasteiger partial charge in [0.05, 0.1) is 12.5 Å². The highest BCUT2D eigenvalue weighted by Gasteiger charge is 2.16. The Kier molecular flexibility index (Phi) is 12.8. The number of carbonyl (C=O) groups is 2. The van der Waals surface area contributed by atoms with Gasteiger partial charge in [0.25, 0.3) is 0 Å². The number of hydrogen-bond acceptors (Lipinski definition) is 3. The largest absolute Gasteiger partial charge is 0.481 e. The Balaban J connectivity index is 1.98. The molecular formula is C22H37N3O3. The minimum atomic E-state index is -0.907. The smallest absolute Gasteiger partial charge is 0.315 e. The molecule has 1 unspecified atom stereocenters. The van der Waals surface area contributed by atoms with Crippen LogP contribution in [0.15, 0.2) is 30.3 Å². The topological polar surface area (TPSA) is 81.7 Å². The SMILES string of the molecule is CN(C)CC(CC(=O)O)NC(=O)NCCCCCCCCCc1ccccc1. The summed E-state index contributed by atoms with van der Waals surface area (Å²) in [5.41, 5.74) is 1.42. The van der Waals surface area contributed by atoms with Crippen LogP contribution in [0, 0.1) is 0 Å². The van der Waals surface area contributed by atoms with Crippen molar-refractivity contribution in [3.05, 3.63) is 35.9 Å². The molecule has 0 aromatic heterocycles. The molecule has 0 aliphatic carbocycles. The van der Waals surface area contributed by atoms with Crippen molar-refractivity contribution in [3.8, 4) is 0 Å². The highest BCUT2D eigenvalue weighted by atomic mass is 16.4. The Morgan fingerprint density at radius 1 is 0.964 bits per heavy atom. The van der Waals surface area contributed by atoms with Gasteiger partial charge in [-0.05, 0) is 38.9 Å². The van der Waals surface area contributed by atoms with E-state index in [9.17, 15) is 9.59 Å². The van der Waals surface area contributed by atoms with E-state index in [0.717, 1.165) is 19.3 Å². The van der Waals surface area contributed by atoms with Gasteiger partial charge in [-0.2, -0.15) is 0 Å². The third-order valence-corrected chi connectivity index (χ3v) is 4.61. The summed E-state index contributed by atoms with van der Waals surface area (Å²) in [7, 11) is 3.71. The van der Waals surface area contributed by atoms with Crippen molar-refractivity contribution in [2.45, 2.75) is 63.8 Å². The molecule has 1 rings (SSSR count). The van der Waals surface area contributed by atoms with Gasteiger partial charge >= 0.3 is 12.0 Å². The van der Waals surface area contributed by atoms with Crippen molar-refractivity contribution in [2.24, 2.45) is 0 Å². The number of carboxylic acids is 1. The third kappa shape index (κ3) is 13.1. The zero-order valence-electron chi connectivity index (χ0n) is 17.5. The first kappa shape index (κ1) is 24.0. The van der Waals surface area contributed by atoms with E-state index in [0.29, 0.717) is 13.1 Å². The van der Waals surface area contributed by atoms with E-state index in [2.05, 4.69) is 41.0 Å². The number of aryl methyl sites for hydroxylation is 1. The maximum absolute atomic E-state index is 11.9. The van der Waals surface area contributed by atoms with Crippen LogP contribution in [0.25, 0.3) is 0 Å². The van der Waals surface area contributed by atoms with Crippen molar-refractivity contribution < 1.29 is 14.7 Å². The molecule has 0 radical (unpaired) electrons. The Labute approximate surface area is 169 Å². The minimum Gasteiger partial charge on any atom is -0.481 e. The van der Waals surface area contributed by atoms with Gasteiger partial charge in [0.2, 0.25) is 0 Å². The molecule has 0 aliphatic heterocycles. The lowest BCUT2D eigenvalue weighted by Gasteiger charge is -2.21. The summed E-state index contributed by atoms with van der Waals surface area (Å²) in [6.45, 7) is 1.13. The molecule has 28 heavy (non-hydrogen) atoms. The number of nitrogens with zero attached hydrogens (tertiary/aromatic N) is 1. The summed E-state index contributed by atoms with van der Waals surface area (Å²) in [6, 6.07) is 9.95. The summed E-state index contributed by atoms with van der Waals surface area (Å²) in [5.74, 6) is -0.907. The lowest BCUT2D eigenvalue weighted by molar-refractivity contribution is -0.137. The predicted octanol–water partition coefficient (Wildman–Crippen LogP) is 3.66. The van der Waals surface area contributed by atoms with E-state index in [-0.39, 0.29) is 18.5 Å². The highest BCUT2D eigenvalue weighted by molar-refractivity contribution is 5.75. The predicted molar refractivity (Wildman–Crippen MR) is 114 cm³/mol. The van der Waals surface area contributed by atoms with E-state index in [1.54, 1.807) is 0 Å². The molecule has 2 amide bonds. The third-order valence-electron chi connectivity index (χ3n) is 4.61. The van der Waals surface area contributed by atoms with Crippen molar-refractivity contribution in [2.75, 3.05) is 27.2 Å². The molecule has 0 saturated carbocycles. The second-order valence-corrected chi connectivity index (χ2v) is 7.67. The van der Waals surface area contributed by atoms with Crippen LogP contribution in [-0.4, -0.2) is 55.2 Å². The Morgan fingerprint density at radius 3 is 2.18 bits per heavy atom. The number of aliphatic carboxylic acids is 1. The number of hydrogen-bond donors (Lipinski definition) is 3. The zero-order chi connectivity index (χ0) is 20.6. The number of urea groups is 1. The first-order chi connectivity index (χ1) is 13.5. The summed E-state index contributed by atoms with van der Waals surface area (Å²) in [4.78, 5) is 24.7. The highest BCUT2D eigenvalue weighted by Crippen LogP contribution is 2.10. The number of likely N-dealkylation sites (N-methyl/N-ethyl adjacent to an activating group) is 1. The zero-order valence-corrected chi connectivity index (χ0v) is 17.5. The summed E-state index contributed by atoms with van der Waals surface area (Å²) in [5, 5.41) is 14.5. The fourth-order valence-electron chi connectivity index (χ4n) is 3.23. The van der Waals surface area contributed by atoms with Gasteiger partial charge in [0, 0.05) is 13.1 Å². The number of nitrogens with one attached hydrogen (secondary N) is 2. The molecule has 0 aliphatic rings. The maximum Gasteiger partial charge on any atom is 0.315 e. The first-order valence-electron chi connectivity index (χ1n) is 10.4. The van der Waals surface area contributed by atoms with Crippen LogP contribution in [0.4, 0.5) is 4.79 Å². The van der Waals surface area contributed by atoms with Crippen molar-refractivity contribution in [1.82, 2.24) is 15.5 Å². The molecule has 1 atom stereocenters. The van der Waals surface area contributed by atoms with Gasteiger partial charge in [-0.15, -0.1) is 0 Å². The Bertz CT molecular complexity index is 549. The number of rotatable bonds is 15. The van der Waals surface area contributed by atoms with Crippen molar-refractivity contribution in [3.63, 3.8) is 0 Å². The second kappa shape index (κ2) is 14.9. The van der Waals surface area contributed by atoms with Crippen molar-refractivity contribution >= 4 is 12.0 Å². The van der Waals surface area contributed by atoms with E-state index in [1.165, 1.54) is 37.7 Å². The van der Waals surface area contributed by atoms with Crippen molar-refractivity contribution in [1.29, 1.82) is 0 Å². The monoisotopic (exact) mass is 391 g/mol. The lowest BCUT2D eigenvalue weighted by atomic mass is 10.0. The number of carboxylic acid groups (broad SMARTS) is 1. The van der Waals surface area contributed by atoms with Crippen LogP contribution in [0.2, 0.25) is 0 Å². The van der Waals surface area contributed by atoms with Crippen LogP contribution in [0.1, 0.15) is 56.9 Å². The summed E-state index contributed by atoms with van der Waals surface area (Å²) < 4.78 is 0. The first-order valence-corrected chi connectivity index (χ1v) is 10.4. The maximum atomic E-state index is 11.9. The molecule has 6 nitrogen and oxygen atoms in total. The van der Waals surface area contributed by atoms with Gasteiger partial charge in [-0.1, -0.05) is 62.4 Å². The number of unbranched alkanes of at least 4 members (excludes halogenated alkanes) is 6. The minimum absolute atomic E-state index is 0.0735. The average Bonchev–Trinajstić information content (AvgIpc) is 2.63. The quantitative estimate of drug-likeness (QED) is 0.399. The summed E-state index contributed by atoms with van der Waals surface area (Å²) >= 11 is 0. The Hall–Kier alpha value is -2.08. The van der Waals surface area contributed by atoms with Crippen LogP contribution in [0.5, 0.6) is 0 Å². The lowest BCUT2D eigenvalue weighted by Crippen LogP contribution is -2.47.